The number of esters is 1. The molecular weight excluding hydrogens is 316 g/mol. The summed E-state index contributed by atoms with van der Waals surface area (Å²) in [6.07, 6.45) is 2.56. The molecule has 5 nitrogen and oxygen atoms in total. The highest BCUT2D eigenvalue weighted by molar-refractivity contribution is 5.99. The van der Waals surface area contributed by atoms with Gasteiger partial charge in [-0.15, -0.1) is 0 Å². The van der Waals surface area contributed by atoms with Crippen LogP contribution in [0.2, 0.25) is 0 Å². The van der Waals surface area contributed by atoms with Gasteiger partial charge in [-0.2, -0.15) is 0 Å². The highest BCUT2D eigenvalue weighted by Gasteiger charge is 2.28. The Balaban J connectivity index is 1.78. The van der Waals surface area contributed by atoms with Gasteiger partial charge in [-0.1, -0.05) is 6.07 Å². The minimum absolute atomic E-state index is 0.0375. The molecule has 0 bridgehead atoms. The van der Waals surface area contributed by atoms with Crippen molar-refractivity contribution in [2.24, 2.45) is 5.92 Å². The first-order valence-electron chi connectivity index (χ1n) is 9.03. The first-order chi connectivity index (χ1) is 12.0. The Kier molecular flexibility index (Phi) is 5.11. The molecule has 0 atom stereocenters. The third kappa shape index (κ3) is 4.03. The summed E-state index contributed by atoms with van der Waals surface area (Å²) >= 11 is 0. The van der Waals surface area contributed by atoms with Crippen LogP contribution in [0.25, 0.3) is 10.9 Å². The van der Waals surface area contributed by atoms with E-state index in [9.17, 15) is 9.59 Å². The molecule has 1 aliphatic carbocycles. The number of carbonyl (C=O) groups excluding carboxylic acids is 2. The average Bonchev–Trinajstić information content (AvgIpc) is 3.30. The lowest BCUT2D eigenvalue weighted by Crippen LogP contribution is -2.35. The van der Waals surface area contributed by atoms with Crippen LogP contribution >= 0.6 is 0 Å². The zero-order chi connectivity index (χ0) is 18.0. The maximum atomic E-state index is 13.0. The van der Waals surface area contributed by atoms with Crippen molar-refractivity contribution in [2.75, 3.05) is 19.7 Å². The van der Waals surface area contributed by atoms with Crippen LogP contribution in [0.3, 0.4) is 0 Å². The van der Waals surface area contributed by atoms with Crippen molar-refractivity contribution in [2.45, 2.75) is 40.0 Å². The van der Waals surface area contributed by atoms with Crippen molar-refractivity contribution in [3.8, 4) is 0 Å². The van der Waals surface area contributed by atoms with E-state index in [1.807, 2.05) is 12.1 Å². The normalized spacial score (nSPS) is 13.9. The molecule has 1 N–H and O–H groups in total. The molecule has 0 radical (unpaired) electrons. The van der Waals surface area contributed by atoms with Gasteiger partial charge in [0, 0.05) is 24.0 Å². The number of aryl methyl sites for hydroxylation is 2. The molecule has 25 heavy (non-hydrogen) atoms. The van der Waals surface area contributed by atoms with Gasteiger partial charge in [-0.05, 0) is 62.8 Å². The number of rotatable bonds is 7. The number of ether oxygens (including phenoxy) is 1. The molecule has 5 heteroatoms. The highest BCUT2D eigenvalue weighted by Crippen LogP contribution is 2.30. The Morgan fingerprint density at radius 2 is 2.04 bits per heavy atom. The quantitative estimate of drug-likeness (QED) is 0.782. The molecular formula is C20H26N2O3. The summed E-state index contributed by atoms with van der Waals surface area (Å²) in [5.74, 6) is 0.281. The zero-order valence-electron chi connectivity index (χ0n) is 15.2. The van der Waals surface area contributed by atoms with Gasteiger partial charge in [0.25, 0.3) is 5.91 Å². The highest BCUT2D eigenvalue weighted by atomic mass is 16.5. The molecule has 0 aliphatic heterocycles. The van der Waals surface area contributed by atoms with Crippen LogP contribution in [0, 0.1) is 19.8 Å². The number of hydrogen-bond acceptors (Lipinski definition) is 3. The fourth-order valence-corrected chi connectivity index (χ4v) is 3.09. The molecule has 1 aromatic carbocycles. The fourth-order valence-electron chi connectivity index (χ4n) is 3.09. The Morgan fingerprint density at radius 3 is 2.72 bits per heavy atom. The van der Waals surface area contributed by atoms with Crippen LogP contribution in [0.5, 0.6) is 0 Å². The number of carbonyl (C=O) groups is 2. The van der Waals surface area contributed by atoms with Gasteiger partial charge >= 0.3 is 5.97 Å². The van der Waals surface area contributed by atoms with Crippen LogP contribution in [-0.4, -0.2) is 41.5 Å². The van der Waals surface area contributed by atoms with Crippen LogP contribution in [0.15, 0.2) is 18.2 Å². The molecule has 1 fully saturated rings. The molecule has 3 rings (SSSR count). The Bertz CT molecular complexity index is 790. The fraction of sp³-hybridized carbons (Fsp3) is 0.500. The van der Waals surface area contributed by atoms with Gasteiger partial charge in [0.15, 0.2) is 0 Å². The zero-order valence-corrected chi connectivity index (χ0v) is 15.2. The summed E-state index contributed by atoms with van der Waals surface area (Å²) in [6.45, 7) is 7.42. The molecule has 1 amide bonds. The van der Waals surface area contributed by atoms with Crippen molar-refractivity contribution in [3.05, 3.63) is 35.0 Å². The predicted molar refractivity (Wildman–Crippen MR) is 97.7 cm³/mol. The molecule has 0 saturated heterocycles. The molecule has 1 aromatic heterocycles. The third-order valence-electron chi connectivity index (χ3n) is 4.93. The van der Waals surface area contributed by atoms with Crippen molar-refractivity contribution in [3.63, 3.8) is 0 Å². The number of H-pyrrole nitrogens is 1. The van der Waals surface area contributed by atoms with Gasteiger partial charge in [0.05, 0.1) is 13.0 Å². The Labute approximate surface area is 148 Å². The smallest absolute Gasteiger partial charge is 0.307 e. The number of aromatic amines is 1. The summed E-state index contributed by atoms with van der Waals surface area (Å²) in [4.78, 5) is 29.7. The van der Waals surface area contributed by atoms with E-state index < -0.39 is 0 Å². The van der Waals surface area contributed by atoms with E-state index in [2.05, 4.69) is 24.9 Å². The van der Waals surface area contributed by atoms with Gasteiger partial charge in [-0.25, -0.2) is 0 Å². The second-order valence-corrected chi connectivity index (χ2v) is 6.90. The van der Waals surface area contributed by atoms with E-state index in [0.717, 1.165) is 23.7 Å². The minimum atomic E-state index is -0.251. The first-order valence-corrected chi connectivity index (χ1v) is 9.03. The van der Waals surface area contributed by atoms with E-state index in [-0.39, 0.29) is 18.3 Å². The van der Waals surface area contributed by atoms with Gasteiger partial charge in [0.2, 0.25) is 0 Å². The third-order valence-corrected chi connectivity index (χ3v) is 4.93. The topological polar surface area (TPSA) is 62.4 Å². The SMILES string of the molecule is CCOC(=O)CCN(CC1CC1)C(=O)c1cc2c(C)c(C)ccc2[nH]1. The van der Waals surface area contributed by atoms with Gasteiger partial charge in [0.1, 0.15) is 5.69 Å². The largest absolute Gasteiger partial charge is 0.466 e. The summed E-state index contributed by atoms with van der Waals surface area (Å²) < 4.78 is 4.99. The van der Waals surface area contributed by atoms with Crippen molar-refractivity contribution >= 4 is 22.8 Å². The number of hydrogen-bond donors (Lipinski definition) is 1. The van der Waals surface area contributed by atoms with Crippen LogP contribution in [0.4, 0.5) is 0 Å². The van der Waals surface area contributed by atoms with Crippen LogP contribution in [-0.2, 0) is 9.53 Å². The maximum Gasteiger partial charge on any atom is 0.307 e. The van der Waals surface area contributed by atoms with Gasteiger partial charge in [-0.3, -0.25) is 9.59 Å². The Morgan fingerprint density at radius 1 is 1.28 bits per heavy atom. The predicted octanol–water partition coefficient (Wildman–Crippen LogP) is 3.59. The number of fused-ring (bicyclic) bond motifs is 1. The van der Waals surface area contributed by atoms with Crippen molar-refractivity contribution in [1.29, 1.82) is 0 Å². The minimum Gasteiger partial charge on any atom is -0.466 e. The molecule has 134 valence electrons. The number of amides is 1. The van der Waals surface area contributed by atoms with E-state index in [4.69, 9.17) is 4.74 Å². The Hall–Kier alpha value is -2.30. The van der Waals surface area contributed by atoms with Gasteiger partial charge < -0.3 is 14.6 Å². The second-order valence-electron chi connectivity index (χ2n) is 6.90. The lowest BCUT2D eigenvalue weighted by Gasteiger charge is -2.21. The monoisotopic (exact) mass is 342 g/mol. The van der Waals surface area contributed by atoms with E-state index in [1.54, 1.807) is 11.8 Å². The molecule has 1 heterocycles. The lowest BCUT2D eigenvalue weighted by molar-refractivity contribution is -0.143. The molecule has 2 aromatic rings. The molecule has 0 unspecified atom stereocenters. The molecule has 1 aliphatic rings. The van der Waals surface area contributed by atoms with E-state index in [1.165, 1.54) is 11.1 Å². The second kappa shape index (κ2) is 7.30. The number of nitrogens with one attached hydrogen (secondary N) is 1. The van der Waals surface area contributed by atoms with Crippen molar-refractivity contribution in [1.82, 2.24) is 9.88 Å². The standard InChI is InChI=1S/C20H26N2O3/c1-4-25-19(23)9-10-22(12-15-6-7-15)20(24)18-11-16-14(3)13(2)5-8-17(16)21-18/h5,8,11,15,21H,4,6-7,9-10,12H2,1-3H3. The summed E-state index contributed by atoms with van der Waals surface area (Å²) in [6, 6.07) is 6.01. The van der Waals surface area contributed by atoms with E-state index >= 15 is 0 Å². The number of nitrogens with zero attached hydrogens (tertiary/aromatic N) is 1. The molecule has 0 spiro atoms. The maximum absolute atomic E-state index is 13.0. The number of benzene rings is 1. The lowest BCUT2D eigenvalue weighted by atomic mass is 10.1. The summed E-state index contributed by atoms with van der Waals surface area (Å²) in [5.41, 5.74) is 3.96. The number of aromatic nitrogens is 1. The van der Waals surface area contributed by atoms with E-state index in [0.29, 0.717) is 31.3 Å². The molecule has 1 saturated carbocycles. The average molecular weight is 342 g/mol. The first kappa shape index (κ1) is 17.5. The summed E-state index contributed by atoms with van der Waals surface area (Å²) in [5, 5.41) is 1.08. The van der Waals surface area contributed by atoms with Crippen molar-refractivity contribution < 1.29 is 14.3 Å². The summed E-state index contributed by atoms with van der Waals surface area (Å²) in [7, 11) is 0. The van der Waals surface area contributed by atoms with Crippen LogP contribution < -0.4 is 0 Å². The van der Waals surface area contributed by atoms with Crippen LogP contribution in [0.1, 0.15) is 47.8 Å².